The Morgan fingerprint density at radius 2 is 1.87 bits per heavy atom. The zero-order chi connectivity index (χ0) is 22.3. The second kappa shape index (κ2) is 7.97. The monoisotopic (exact) mass is 431 g/mol. The van der Waals surface area contributed by atoms with E-state index in [0.717, 1.165) is 30.4 Å². The number of likely N-dealkylation sites (tertiary alicyclic amines) is 1. The van der Waals surface area contributed by atoms with Crippen LogP contribution in [0.1, 0.15) is 77.1 Å². The molecule has 0 saturated carbocycles. The first-order chi connectivity index (χ1) is 13.8. The number of benzene rings is 1. The van der Waals surface area contributed by atoms with Crippen molar-refractivity contribution in [1.82, 2.24) is 9.62 Å². The molecule has 2 aliphatic rings. The van der Waals surface area contributed by atoms with Gasteiger partial charge in [0.05, 0.1) is 33.4 Å². The molecule has 1 aliphatic heterocycles. The number of fused-ring (bicyclic) bond motifs is 1. The summed E-state index contributed by atoms with van der Waals surface area (Å²) in [5.74, 6) is 0. The van der Waals surface area contributed by atoms with Crippen molar-refractivity contribution in [3.63, 3.8) is 0 Å². The van der Waals surface area contributed by atoms with Crippen LogP contribution >= 0.6 is 0 Å². The molecule has 1 unspecified atom stereocenters. The molecule has 2 atom stereocenters. The van der Waals surface area contributed by atoms with E-state index in [0.29, 0.717) is 18.7 Å². The van der Waals surface area contributed by atoms with Crippen molar-refractivity contribution in [2.24, 2.45) is 5.41 Å². The Hall–Kier alpha value is -1.91. The maximum atomic E-state index is 13.0. The molecule has 1 aromatic carbocycles. The number of nitrogens with one attached hydrogen (secondary N) is 1. The summed E-state index contributed by atoms with van der Waals surface area (Å²) in [5.41, 5.74) is 2.26. The number of carbonyl (C=O) groups excluding carboxylic acids is 1. The van der Waals surface area contributed by atoms with Crippen molar-refractivity contribution in [2.75, 3.05) is 13.1 Å². The fraction of sp³-hybridized carbons (Fsp3) is 0.652. The number of amides is 1. The molecule has 6 nitrogen and oxygen atoms in total. The topological polar surface area (TPSA) is 82.4 Å². The number of carbonyl (C=O) groups is 1. The highest BCUT2D eigenvalue weighted by molar-refractivity contribution is 7.84. The van der Waals surface area contributed by atoms with Crippen LogP contribution in [-0.4, -0.2) is 38.6 Å². The standard InChI is InChI=1S/C23H33N3O3S/c1-21(2,3)29-20(27)26-11-9-23(10-12-26)14-17-13-16(15-24)7-8-18(17)19(23)25-30(28)22(4,5)6/h7-8,13,19,25H,9-12,14H2,1-6H3/t19?,30-/m1/s1. The SMILES string of the molecule is CC(C)(C)OC(=O)N1CCC2(CC1)Cc1cc(C#N)ccc1C2N[S@](=O)C(C)(C)C. The molecular formula is C23H33N3O3S. The van der Waals surface area contributed by atoms with Crippen molar-refractivity contribution < 1.29 is 13.7 Å². The lowest BCUT2D eigenvalue weighted by atomic mass is 9.73. The quantitative estimate of drug-likeness (QED) is 0.760. The Kier molecular flexibility index (Phi) is 6.05. The Balaban J connectivity index is 1.85. The Morgan fingerprint density at radius 3 is 2.40 bits per heavy atom. The van der Waals surface area contributed by atoms with Gasteiger partial charge in [-0.2, -0.15) is 5.26 Å². The minimum Gasteiger partial charge on any atom is -0.444 e. The molecule has 1 N–H and O–H groups in total. The number of piperidine rings is 1. The van der Waals surface area contributed by atoms with Gasteiger partial charge in [0.15, 0.2) is 0 Å². The summed E-state index contributed by atoms with van der Waals surface area (Å²) in [5, 5.41) is 9.31. The molecule has 1 amide bonds. The fourth-order valence-electron chi connectivity index (χ4n) is 4.32. The summed E-state index contributed by atoms with van der Waals surface area (Å²) in [7, 11) is -1.22. The third kappa shape index (κ3) is 4.70. The van der Waals surface area contributed by atoms with Gasteiger partial charge in [-0.05, 0) is 89.5 Å². The molecule has 3 rings (SSSR count). The lowest BCUT2D eigenvalue weighted by Crippen LogP contribution is -2.49. The van der Waals surface area contributed by atoms with Gasteiger partial charge in [0, 0.05) is 13.1 Å². The van der Waals surface area contributed by atoms with Gasteiger partial charge in [0.1, 0.15) is 5.60 Å². The molecule has 1 saturated heterocycles. The van der Waals surface area contributed by atoms with Crippen LogP contribution in [0.15, 0.2) is 18.2 Å². The van der Waals surface area contributed by atoms with Crippen LogP contribution in [0.2, 0.25) is 0 Å². The lowest BCUT2D eigenvalue weighted by Gasteiger charge is -2.44. The first-order valence-corrected chi connectivity index (χ1v) is 11.7. The molecule has 1 heterocycles. The summed E-state index contributed by atoms with van der Waals surface area (Å²) < 4.78 is 21.5. The van der Waals surface area contributed by atoms with E-state index in [9.17, 15) is 14.3 Å². The first-order valence-electron chi connectivity index (χ1n) is 10.5. The van der Waals surface area contributed by atoms with Crippen LogP contribution in [0, 0.1) is 16.7 Å². The number of hydrogen-bond acceptors (Lipinski definition) is 4. The van der Waals surface area contributed by atoms with E-state index in [4.69, 9.17) is 4.74 Å². The largest absolute Gasteiger partial charge is 0.444 e. The highest BCUT2D eigenvalue weighted by Crippen LogP contribution is 2.52. The summed E-state index contributed by atoms with van der Waals surface area (Å²) in [6.07, 6.45) is 2.13. The van der Waals surface area contributed by atoms with E-state index in [1.165, 1.54) is 0 Å². The van der Waals surface area contributed by atoms with Crippen LogP contribution in [0.25, 0.3) is 0 Å². The highest BCUT2D eigenvalue weighted by Gasteiger charge is 2.49. The van der Waals surface area contributed by atoms with Crippen molar-refractivity contribution >= 4 is 17.1 Å². The molecule has 0 radical (unpaired) electrons. The second-order valence-corrected chi connectivity index (χ2v) is 12.5. The molecule has 0 aromatic heterocycles. The van der Waals surface area contributed by atoms with E-state index in [2.05, 4.69) is 10.8 Å². The molecule has 1 aromatic rings. The average Bonchev–Trinajstić information content (AvgIpc) is 2.92. The third-order valence-corrected chi connectivity index (χ3v) is 7.49. The van der Waals surface area contributed by atoms with Crippen LogP contribution < -0.4 is 4.72 Å². The molecule has 30 heavy (non-hydrogen) atoms. The molecule has 1 spiro atoms. The van der Waals surface area contributed by atoms with Gasteiger partial charge < -0.3 is 9.64 Å². The van der Waals surface area contributed by atoms with Crippen molar-refractivity contribution in [3.8, 4) is 6.07 Å². The number of hydrogen-bond donors (Lipinski definition) is 1. The van der Waals surface area contributed by atoms with Crippen LogP contribution in [0.5, 0.6) is 0 Å². The number of nitrogens with zero attached hydrogens (tertiary/aromatic N) is 2. The first kappa shape index (κ1) is 22.8. The maximum absolute atomic E-state index is 13.0. The number of nitriles is 1. The van der Waals surface area contributed by atoms with E-state index < -0.39 is 16.6 Å². The predicted molar refractivity (Wildman–Crippen MR) is 118 cm³/mol. The zero-order valence-corrected chi connectivity index (χ0v) is 19.7. The molecule has 7 heteroatoms. The molecular weight excluding hydrogens is 398 g/mol. The Labute approximate surface area is 182 Å². The minimum absolute atomic E-state index is 0.0684. The summed E-state index contributed by atoms with van der Waals surface area (Å²) in [6, 6.07) is 7.95. The highest BCUT2D eigenvalue weighted by atomic mass is 32.2. The van der Waals surface area contributed by atoms with Gasteiger partial charge in [0.2, 0.25) is 0 Å². The van der Waals surface area contributed by atoms with Crippen LogP contribution in [-0.2, 0) is 22.1 Å². The molecule has 0 bridgehead atoms. The van der Waals surface area contributed by atoms with Gasteiger partial charge in [-0.1, -0.05) is 6.07 Å². The van der Waals surface area contributed by atoms with Crippen LogP contribution in [0.3, 0.4) is 0 Å². The summed E-state index contributed by atoms with van der Waals surface area (Å²) in [4.78, 5) is 14.3. The van der Waals surface area contributed by atoms with E-state index in [-0.39, 0.29) is 22.3 Å². The predicted octanol–water partition coefficient (Wildman–Crippen LogP) is 4.22. The molecule has 1 aliphatic carbocycles. The number of ether oxygens (including phenoxy) is 1. The van der Waals surface area contributed by atoms with Gasteiger partial charge >= 0.3 is 6.09 Å². The normalized spacial score (nSPS) is 21.8. The van der Waals surface area contributed by atoms with E-state index in [1.54, 1.807) is 4.90 Å². The summed E-state index contributed by atoms with van der Waals surface area (Å²) >= 11 is 0. The lowest BCUT2D eigenvalue weighted by molar-refractivity contribution is 0.00724. The van der Waals surface area contributed by atoms with Crippen molar-refractivity contribution in [1.29, 1.82) is 5.26 Å². The van der Waals surface area contributed by atoms with Gasteiger partial charge in [-0.3, -0.25) is 0 Å². The fourth-order valence-corrected chi connectivity index (χ4v) is 5.26. The molecule has 164 valence electrons. The van der Waals surface area contributed by atoms with Gasteiger partial charge in [-0.25, -0.2) is 13.7 Å². The van der Waals surface area contributed by atoms with E-state index in [1.807, 2.05) is 59.7 Å². The summed E-state index contributed by atoms with van der Waals surface area (Å²) in [6.45, 7) is 12.7. The number of rotatable bonds is 2. The smallest absolute Gasteiger partial charge is 0.410 e. The second-order valence-electron chi connectivity index (χ2n) is 10.5. The Bertz CT molecular complexity index is 884. The van der Waals surface area contributed by atoms with Crippen molar-refractivity contribution in [2.45, 2.75) is 77.2 Å². The van der Waals surface area contributed by atoms with Gasteiger partial charge in [0.25, 0.3) is 0 Å². The zero-order valence-electron chi connectivity index (χ0n) is 18.9. The van der Waals surface area contributed by atoms with E-state index >= 15 is 0 Å². The van der Waals surface area contributed by atoms with Gasteiger partial charge in [-0.15, -0.1) is 0 Å². The Morgan fingerprint density at radius 1 is 1.23 bits per heavy atom. The third-order valence-electron chi connectivity index (χ3n) is 5.93. The maximum Gasteiger partial charge on any atom is 0.410 e. The van der Waals surface area contributed by atoms with Crippen molar-refractivity contribution in [3.05, 3.63) is 34.9 Å². The molecule has 1 fully saturated rings. The van der Waals surface area contributed by atoms with Crippen LogP contribution in [0.4, 0.5) is 4.79 Å². The minimum atomic E-state index is -1.22. The average molecular weight is 432 g/mol.